The Morgan fingerprint density at radius 3 is 2.43 bits per heavy atom. The first-order valence-electron chi connectivity index (χ1n) is 7.56. The molecule has 0 saturated heterocycles. The van der Waals surface area contributed by atoms with Crippen molar-refractivity contribution in [3.63, 3.8) is 0 Å². The Morgan fingerprint density at radius 1 is 1.24 bits per heavy atom. The lowest BCUT2D eigenvalue weighted by molar-refractivity contribution is 0.398. The Kier molecular flexibility index (Phi) is 6.41. The van der Waals surface area contributed by atoms with Gasteiger partial charge in [0.2, 0.25) is 0 Å². The Labute approximate surface area is 130 Å². The van der Waals surface area contributed by atoms with E-state index in [1.165, 1.54) is 17.4 Å². The average molecular weight is 311 g/mol. The third-order valence-electron chi connectivity index (χ3n) is 3.46. The van der Waals surface area contributed by atoms with Crippen molar-refractivity contribution in [2.75, 3.05) is 18.6 Å². The fraction of sp³-hybridized carbons (Fsp3) is 0.647. The zero-order valence-electron chi connectivity index (χ0n) is 13.9. The van der Waals surface area contributed by atoms with E-state index in [1.807, 2.05) is 0 Å². The highest BCUT2D eigenvalue weighted by atomic mass is 32.2. The monoisotopic (exact) mass is 311 g/mol. The van der Waals surface area contributed by atoms with Gasteiger partial charge < -0.3 is 5.32 Å². The number of benzene rings is 1. The van der Waals surface area contributed by atoms with Crippen LogP contribution in [0.15, 0.2) is 24.3 Å². The minimum atomic E-state index is -2.87. The molecule has 0 fully saturated rings. The summed E-state index contributed by atoms with van der Waals surface area (Å²) in [6, 6.07) is 8.51. The minimum absolute atomic E-state index is 0.0684. The van der Waals surface area contributed by atoms with Gasteiger partial charge in [0, 0.05) is 24.1 Å². The molecule has 0 aliphatic rings. The van der Waals surface area contributed by atoms with E-state index in [9.17, 15) is 8.42 Å². The van der Waals surface area contributed by atoms with Crippen LogP contribution in [-0.2, 0) is 9.84 Å². The van der Waals surface area contributed by atoms with Gasteiger partial charge in [-0.2, -0.15) is 0 Å². The molecule has 0 aliphatic carbocycles. The van der Waals surface area contributed by atoms with Crippen molar-refractivity contribution in [1.29, 1.82) is 0 Å². The molecule has 0 aromatic heterocycles. The smallest absolute Gasteiger partial charge is 0.147 e. The van der Waals surface area contributed by atoms with Crippen molar-refractivity contribution >= 4 is 9.84 Å². The molecule has 0 saturated carbocycles. The highest BCUT2D eigenvalue weighted by molar-refractivity contribution is 7.90. The van der Waals surface area contributed by atoms with Crippen molar-refractivity contribution in [3.8, 4) is 0 Å². The molecular formula is C17H29NO2S. The third kappa shape index (κ3) is 8.22. The van der Waals surface area contributed by atoms with E-state index in [-0.39, 0.29) is 11.3 Å². The van der Waals surface area contributed by atoms with Crippen LogP contribution < -0.4 is 5.32 Å². The van der Waals surface area contributed by atoms with E-state index in [0.717, 1.165) is 13.0 Å². The van der Waals surface area contributed by atoms with Gasteiger partial charge in [0.1, 0.15) is 9.84 Å². The number of aryl methyl sites for hydroxylation is 1. The molecule has 1 rings (SSSR count). The van der Waals surface area contributed by atoms with Crippen molar-refractivity contribution in [1.82, 2.24) is 5.32 Å². The molecule has 120 valence electrons. The number of hydrogen-bond donors (Lipinski definition) is 1. The number of sulfone groups is 1. The quantitative estimate of drug-likeness (QED) is 0.840. The van der Waals surface area contributed by atoms with Crippen LogP contribution in [0.5, 0.6) is 0 Å². The van der Waals surface area contributed by atoms with Crippen molar-refractivity contribution < 1.29 is 8.42 Å². The van der Waals surface area contributed by atoms with E-state index < -0.39 is 9.84 Å². The number of nitrogens with one attached hydrogen (secondary N) is 1. The van der Waals surface area contributed by atoms with Gasteiger partial charge in [0.05, 0.1) is 0 Å². The van der Waals surface area contributed by atoms with Gasteiger partial charge in [-0.25, -0.2) is 8.42 Å². The fourth-order valence-electron chi connectivity index (χ4n) is 2.33. The van der Waals surface area contributed by atoms with Crippen LogP contribution in [-0.4, -0.2) is 32.5 Å². The first-order chi connectivity index (χ1) is 9.57. The summed E-state index contributed by atoms with van der Waals surface area (Å²) >= 11 is 0. The lowest BCUT2D eigenvalue weighted by atomic mass is 9.92. The van der Waals surface area contributed by atoms with Crippen LogP contribution in [0, 0.1) is 6.92 Å². The first kappa shape index (κ1) is 18.2. The van der Waals surface area contributed by atoms with Crippen LogP contribution in [0.3, 0.4) is 0 Å². The summed E-state index contributed by atoms with van der Waals surface area (Å²) in [5, 5.41) is 3.54. The normalized spacial score (nSPS) is 14.1. The summed E-state index contributed by atoms with van der Waals surface area (Å²) in [5.41, 5.74) is 2.61. The average Bonchev–Trinajstić information content (AvgIpc) is 2.30. The second kappa shape index (κ2) is 7.41. The summed E-state index contributed by atoms with van der Waals surface area (Å²) in [4.78, 5) is 0. The molecular weight excluding hydrogens is 282 g/mol. The maximum atomic E-state index is 11.3. The second-order valence-corrected chi connectivity index (χ2v) is 9.27. The Hall–Kier alpha value is -0.870. The Balaban J connectivity index is 2.74. The first-order valence-corrected chi connectivity index (χ1v) is 9.62. The summed E-state index contributed by atoms with van der Waals surface area (Å²) in [7, 11) is -2.87. The molecule has 0 radical (unpaired) electrons. The second-order valence-electron chi connectivity index (χ2n) is 7.01. The number of rotatable bonds is 7. The standard InChI is InChI=1S/C17H29NO2S/c1-14-8-6-9-15(12-14)16(13-18-17(2,3)4)10-7-11-21(5,19)20/h6,8-9,12,16,18H,7,10-11,13H2,1-5H3. The van der Waals surface area contributed by atoms with Crippen LogP contribution >= 0.6 is 0 Å². The van der Waals surface area contributed by atoms with Crippen molar-refractivity contribution in [2.24, 2.45) is 0 Å². The predicted molar refractivity (Wildman–Crippen MR) is 90.6 cm³/mol. The SMILES string of the molecule is Cc1cccc(C(CCCS(C)(=O)=O)CNC(C)(C)C)c1. The van der Waals surface area contributed by atoms with Gasteiger partial charge in [0.25, 0.3) is 0 Å². The van der Waals surface area contributed by atoms with Crippen LogP contribution in [0.1, 0.15) is 50.7 Å². The molecule has 0 aliphatic heterocycles. The molecule has 0 amide bonds. The summed E-state index contributed by atoms with van der Waals surface area (Å²) < 4.78 is 22.6. The predicted octanol–water partition coefficient (Wildman–Crippen LogP) is 3.29. The van der Waals surface area contributed by atoms with Gasteiger partial charge >= 0.3 is 0 Å². The van der Waals surface area contributed by atoms with Gasteiger partial charge in [-0.3, -0.25) is 0 Å². The van der Waals surface area contributed by atoms with Crippen LogP contribution in [0.2, 0.25) is 0 Å². The third-order valence-corrected chi connectivity index (χ3v) is 4.49. The molecule has 3 nitrogen and oxygen atoms in total. The Bertz CT molecular complexity index is 544. The molecule has 0 heterocycles. The largest absolute Gasteiger partial charge is 0.311 e. The molecule has 4 heteroatoms. The van der Waals surface area contributed by atoms with Gasteiger partial charge in [-0.1, -0.05) is 29.8 Å². The van der Waals surface area contributed by atoms with E-state index in [2.05, 4.69) is 57.3 Å². The zero-order chi connectivity index (χ0) is 16.1. The fourth-order valence-corrected chi connectivity index (χ4v) is 3.02. The van der Waals surface area contributed by atoms with E-state index in [1.54, 1.807) is 0 Å². The molecule has 1 aromatic rings. The molecule has 0 bridgehead atoms. The highest BCUT2D eigenvalue weighted by Gasteiger charge is 2.16. The lowest BCUT2D eigenvalue weighted by Gasteiger charge is -2.26. The van der Waals surface area contributed by atoms with Crippen LogP contribution in [0.25, 0.3) is 0 Å². The highest BCUT2D eigenvalue weighted by Crippen LogP contribution is 2.23. The lowest BCUT2D eigenvalue weighted by Crippen LogP contribution is -2.38. The summed E-state index contributed by atoms with van der Waals surface area (Å²) in [6.07, 6.45) is 2.91. The summed E-state index contributed by atoms with van der Waals surface area (Å²) in [6.45, 7) is 9.41. The van der Waals surface area contributed by atoms with Crippen molar-refractivity contribution in [3.05, 3.63) is 35.4 Å². The minimum Gasteiger partial charge on any atom is -0.311 e. The Morgan fingerprint density at radius 2 is 1.90 bits per heavy atom. The molecule has 1 aromatic carbocycles. The van der Waals surface area contributed by atoms with Crippen molar-refractivity contribution in [2.45, 2.75) is 52.0 Å². The number of hydrogen-bond acceptors (Lipinski definition) is 3. The topological polar surface area (TPSA) is 46.2 Å². The molecule has 1 unspecified atom stereocenters. The molecule has 1 atom stereocenters. The molecule has 1 N–H and O–H groups in total. The zero-order valence-corrected chi connectivity index (χ0v) is 14.8. The summed E-state index contributed by atoms with van der Waals surface area (Å²) in [5.74, 6) is 0.621. The van der Waals surface area contributed by atoms with E-state index >= 15 is 0 Å². The molecule has 0 spiro atoms. The van der Waals surface area contributed by atoms with Gasteiger partial charge in [-0.15, -0.1) is 0 Å². The van der Waals surface area contributed by atoms with Gasteiger partial charge in [0.15, 0.2) is 0 Å². The van der Waals surface area contributed by atoms with E-state index in [4.69, 9.17) is 0 Å². The maximum absolute atomic E-state index is 11.3. The molecule has 21 heavy (non-hydrogen) atoms. The van der Waals surface area contributed by atoms with Gasteiger partial charge in [-0.05, 0) is 52.0 Å². The maximum Gasteiger partial charge on any atom is 0.147 e. The van der Waals surface area contributed by atoms with Crippen LogP contribution in [0.4, 0.5) is 0 Å². The van der Waals surface area contributed by atoms with E-state index in [0.29, 0.717) is 12.3 Å².